The zero-order chi connectivity index (χ0) is 16.5. The summed E-state index contributed by atoms with van der Waals surface area (Å²) in [4.78, 5) is 12.1. The Bertz CT molecular complexity index is 910. The molecule has 1 fully saturated rings. The van der Waals surface area contributed by atoms with Gasteiger partial charge in [-0.15, -0.1) is 0 Å². The van der Waals surface area contributed by atoms with Gasteiger partial charge in [-0.3, -0.25) is 4.79 Å². The lowest BCUT2D eigenvalue weighted by Crippen LogP contribution is -2.22. The normalized spacial score (nSPS) is 13.9. The fraction of sp³-hybridized carbons (Fsp3) is 0.200. The van der Waals surface area contributed by atoms with E-state index < -0.39 is 0 Å². The van der Waals surface area contributed by atoms with E-state index in [2.05, 4.69) is 29.4 Å². The molecule has 4 heteroatoms. The van der Waals surface area contributed by atoms with Crippen LogP contribution in [0.15, 0.2) is 65.5 Å². The summed E-state index contributed by atoms with van der Waals surface area (Å²) in [5.41, 5.74) is 4.13. The highest BCUT2D eigenvalue weighted by molar-refractivity contribution is 6.30. The molecule has 0 amide bonds. The van der Waals surface area contributed by atoms with Gasteiger partial charge < -0.3 is 0 Å². The molecule has 0 bridgehead atoms. The van der Waals surface area contributed by atoms with Gasteiger partial charge in [-0.25, -0.2) is 4.68 Å². The summed E-state index contributed by atoms with van der Waals surface area (Å²) in [5, 5.41) is 5.21. The number of hydrogen-bond acceptors (Lipinski definition) is 2. The second-order valence-corrected chi connectivity index (χ2v) is 6.67. The van der Waals surface area contributed by atoms with Crippen LogP contribution in [0.25, 0.3) is 11.3 Å². The Balaban J connectivity index is 1.62. The Morgan fingerprint density at radius 1 is 0.958 bits per heavy atom. The average molecular weight is 337 g/mol. The lowest BCUT2D eigenvalue weighted by atomic mass is 10.1. The van der Waals surface area contributed by atoms with E-state index in [9.17, 15) is 4.79 Å². The summed E-state index contributed by atoms with van der Waals surface area (Å²) >= 11 is 5.91. The second-order valence-electron chi connectivity index (χ2n) is 6.24. The molecule has 120 valence electrons. The summed E-state index contributed by atoms with van der Waals surface area (Å²) < 4.78 is 1.49. The second kappa shape index (κ2) is 6.25. The van der Waals surface area contributed by atoms with Gasteiger partial charge in [-0.05, 0) is 48.1 Å². The lowest BCUT2D eigenvalue weighted by Gasteiger charge is -2.08. The third kappa shape index (κ3) is 3.26. The van der Waals surface area contributed by atoms with Crippen molar-refractivity contribution in [3.8, 4) is 11.3 Å². The molecule has 0 aliphatic heterocycles. The number of nitrogens with zero attached hydrogens (tertiary/aromatic N) is 2. The van der Waals surface area contributed by atoms with E-state index in [0.717, 1.165) is 22.7 Å². The van der Waals surface area contributed by atoms with Crippen LogP contribution >= 0.6 is 11.6 Å². The zero-order valence-electron chi connectivity index (χ0n) is 13.2. The van der Waals surface area contributed by atoms with Gasteiger partial charge in [0.2, 0.25) is 0 Å². The maximum absolute atomic E-state index is 12.1. The fourth-order valence-corrected chi connectivity index (χ4v) is 2.95. The average Bonchev–Trinajstić information content (AvgIpc) is 3.44. The van der Waals surface area contributed by atoms with Gasteiger partial charge in [0.1, 0.15) is 0 Å². The predicted molar refractivity (Wildman–Crippen MR) is 96.5 cm³/mol. The fourth-order valence-electron chi connectivity index (χ4n) is 2.82. The molecule has 1 saturated carbocycles. The standard InChI is InChI=1S/C20H17ClN2O/c21-18-9-1-14(2-10-18)13-23-20(24)12-11-19(22-23)17-7-5-16(6-8-17)15-3-4-15/h1-2,5-12,15H,3-4,13H2. The minimum Gasteiger partial charge on any atom is -0.268 e. The molecule has 2 aromatic carbocycles. The Morgan fingerprint density at radius 2 is 1.67 bits per heavy atom. The van der Waals surface area contributed by atoms with Gasteiger partial charge in [-0.1, -0.05) is 48.0 Å². The maximum Gasteiger partial charge on any atom is 0.267 e. The molecular formula is C20H17ClN2O. The van der Waals surface area contributed by atoms with Crippen LogP contribution in [0.5, 0.6) is 0 Å². The molecule has 4 rings (SSSR count). The summed E-state index contributed by atoms with van der Waals surface area (Å²) in [6.07, 6.45) is 2.59. The van der Waals surface area contributed by atoms with Crippen molar-refractivity contribution in [3.05, 3.63) is 87.2 Å². The summed E-state index contributed by atoms with van der Waals surface area (Å²) in [6.45, 7) is 0.435. The molecule has 0 unspecified atom stereocenters. The number of benzene rings is 2. The van der Waals surface area contributed by atoms with Crippen LogP contribution in [0.1, 0.15) is 29.9 Å². The van der Waals surface area contributed by atoms with Gasteiger partial charge in [-0.2, -0.15) is 5.10 Å². The third-order valence-electron chi connectivity index (χ3n) is 4.37. The van der Waals surface area contributed by atoms with Crippen molar-refractivity contribution in [1.29, 1.82) is 0 Å². The molecule has 0 atom stereocenters. The smallest absolute Gasteiger partial charge is 0.267 e. The van der Waals surface area contributed by atoms with Crippen LogP contribution in [-0.4, -0.2) is 9.78 Å². The highest BCUT2D eigenvalue weighted by Crippen LogP contribution is 2.40. The van der Waals surface area contributed by atoms with Crippen LogP contribution in [0, 0.1) is 0 Å². The molecule has 24 heavy (non-hydrogen) atoms. The quantitative estimate of drug-likeness (QED) is 0.703. The van der Waals surface area contributed by atoms with E-state index in [1.807, 2.05) is 24.3 Å². The van der Waals surface area contributed by atoms with E-state index in [-0.39, 0.29) is 5.56 Å². The number of aromatic nitrogens is 2. The molecule has 0 N–H and O–H groups in total. The molecule has 1 aliphatic rings. The minimum atomic E-state index is -0.108. The van der Waals surface area contributed by atoms with E-state index in [1.54, 1.807) is 12.1 Å². The van der Waals surface area contributed by atoms with Crippen molar-refractivity contribution in [2.75, 3.05) is 0 Å². The zero-order valence-corrected chi connectivity index (χ0v) is 13.9. The first-order chi connectivity index (χ1) is 11.7. The van der Waals surface area contributed by atoms with Crippen LogP contribution in [0.4, 0.5) is 0 Å². The van der Waals surface area contributed by atoms with Crippen molar-refractivity contribution >= 4 is 11.6 Å². The van der Waals surface area contributed by atoms with Crippen LogP contribution in [-0.2, 0) is 6.54 Å². The van der Waals surface area contributed by atoms with Crippen molar-refractivity contribution in [2.45, 2.75) is 25.3 Å². The molecule has 1 aliphatic carbocycles. The van der Waals surface area contributed by atoms with Crippen LogP contribution < -0.4 is 5.56 Å². The minimum absolute atomic E-state index is 0.108. The van der Waals surface area contributed by atoms with Crippen LogP contribution in [0.2, 0.25) is 5.02 Å². The molecule has 0 saturated heterocycles. The first kappa shape index (κ1) is 15.2. The van der Waals surface area contributed by atoms with Gasteiger partial charge in [0, 0.05) is 16.7 Å². The van der Waals surface area contributed by atoms with E-state index >= 15 is 0 Å². The van der Waals surface area contributed by atoms with Crippen molar-refractivity contribution in [2.24, 2.45) is 0 Å². The first-order valence-corrected chi connectivity index (χ1v) is 8.50. The van der Waals surface area contributed by atoms with E-state index in [1.165, 1.54) is 23.1 Å². The third-order valence-corrected chi connectivity index (χ3v) is 4.62. The highest BCUT2D eigenvalue weighted by Gasteiger charge is 2.23. The van der Waals surface area contributed by atoms with E-state index in [4.69, 9.17) is 11.6 Å². The largest absolute Gasteiger partial charge is 0.268 e. The monoisotopic (exact) mass is 336 g/mol. The first-order valence-electron chi connectivity index (χ1n) is 8.12. The SMILES string of the molecule is O=c1ccc(-c2ccc(C3CC3)cc2)nn1Cc1ccc(Cl)cc1. The number of rotatable bonds is 4. The Kier molecular flexibility index (Phi) is 3.95. The summed E-state index contributed by atoms with van der Waals surface area (Å²) in [5.74, 6) is 0.742. The van der Waals surface area contributed by atoms with Crippen molar-refractivity contribution < 1.29 is 0 Å². The van der Waals surface area contributed by atoms with Gasteiger partial charge >= 0.3 is 0 Å². The molecule has 3 aromatic rings. The van der Waals surface area contributed by atoms with Gasteiger partial charge in [0.05, 0.1) is 12.2 Å². The molecule has 0 radical (unpaired) electrons. The summed E-state index contributed by atoms with van der Waals surface area (Å²) in [7, 11) is 0. The Labute approximate surface area is 145 Å². The summed E-state index contributed by atoms with van der Waals surface area (Å²) in [6, 6.07) is 19.3. The van der Waals surface area contributed by atoms with Gasteiger partial charge in [0.15, 0.2) is 0 Å². The van der Waals surface area contributed by atoms with Crippen molar-refractivity contribution in [1.82, 2.24) is 9.78 Å². The lowest BCUT2D eigenvalue weighted by molar-refractivity contribution is 0.643. The van der Waals surface area contributed by atoms with Crippen LogP contribution in [0.3, 0.4) is 0 Å². The predicted octanol–water partition coefficient (Wildman–Crippen LogP) is 4.49. The maximum atomic E-state index is 12.1. The number of hydrogen-bond donors (Lipinski definition) is 0. The Hall–Kier alpha value is -2.39. The molecule has 1 heterocycles. The van der Waals surface area contributed by atoms with E-state index in [0.29, 0.717) is 11.6 Å². The van der Waals surface area contributed by atoms with Crippen molar-refractivity contribution in [3.63, 3.8) is 0 Å². The Morgan fingerprint density at radius 3 is 2.33 bits per heavy atom. The molecule has 3 nitrogen and oxygen atoms in total. The molecule has 0 spiro atoms. The highest BCUT2D eigenvalue weighted by atomic mass is 35.5. The molecular weight excluding hydrogens is 320 g/mol. The molecule has 1 aromatic heterocycles. The van der Waals surface area contributed by atoms with Gasteiger partial charge in [0.25, 0.3) is 5.56 Å². The number of halogens is 1. The topological polar surface area (TPSA) is 34.9 Å².